The summed E-state index contributed by atoms with van der Waals surface area (Å²) in [6.45, 7) is 4.15. The van der Waals surface area contributed by atoms with Crippen molar-refractivity contribution in [1.29, 1.82) is 0 Å². The van der Waals surface area contributed by atoms with Crippen molar-refractivity contribution in [3.8, 4) is 0 Å². The van der Waals surface area contributed by atoms with Gasteiger partial charge in [0.15, 0.2) is 0 Å². The highest BCUT2D eigenvalue weighted by molar-refractivity contribution is 5.94. The molecule has 2 rings (SSSR count). The Morgan fingerprint density at radius 2 is 1.88 bits per heavy atom. The number of nitrogens with zero attached hydrogens (tertiary/aromatic N) is 1. The first-order valence-corrected chi connectivity index (χ1v) is 8.32. The van der Waals surface area contributed by atoms with E-state index in [1.165, 1.54) is 31.4 Å². The van der Waals surface area contributed by atoms with Gasteiger partial charge in [-0.15, -0.1) is 0 Å². The van der Waals surface area contributed by atoms with Crippen LogP contribution >= 0.6 is 0 Å². The van der Waals surface area contributed by atoms with Gasteiger partial charge in [0, 0.05) is 12.1 Å². The van der Waals surface area contributed by atoms with Crippen molar-refractivity contribution in [3.63, 3.8) is 0 Å². The summed E-state index contributed by atoms with van der Waals surface area (Å²) in [6, 6.07) is 2.83. The molecule has 0 aromatic heterocycles. The number of alkyl halides is 3. The molecule has 0 saturated heterocycles. The summed E-state index contributed by atoms with van der Waals surface area (Å²) in [5.41, 5.74) is 4.07. The van der Waals surface area contributed by atoms with Gasteiger partial charge in [-0.2, -0.15) is 13.2 Å². The van der Waals surface area contributed by atoms with Crippen LogP contribution in [0, 0.1) is 11.7 Å². The van der Waals surface area contributed by atoms with E-state index in [1.807, 2.05) is 0 Å². The highest BCUT2D eigenvalue weighted by Gasteiger charge is 2.34. The Balaban J connectivity index is 2.09. The standard InChI is InChI=1S/C19H22F4N2/c1-13(18-15(19(21,22)23)8-5-9-16(18)20)10-11-17(24)25-12-14-6-3-2-4-7-14/h5,8-11,14H,1-4,6-7,12H2,(H2,24,25)/b11-10-. The zero-order valence-corrected chi connectivity index (χ0v) is 14.0. The second-order valence-corrected chi connectivity index (χ2v) is 6.29. The molecular formula is C19H22F4N2. The zero-order valence-electron chi connectivity index (χ0n) is 14.0. The number of amidine groups is 1. The molecule has 136 valence electrons. The third-order valence-electron chi connectivity index (χ3n) is 4.35. The van der Waals surface area contributed by atoms with Crippen LogP contribution in [0.4, 0.5) is 17.6 Å². The van der Waals surface area contributed by atoms with E-state index in [2.05, 4.69) is 11.6 Å². The lowest BCUT2D eigenvalue weighted by atomic mass is 9.89. The molecule has 0 unspecified atom stereocenters. The van der Waals surface area contributed by atoms with E-state index in [-0.39, 0.29) is 11.4 Å². The van der Waals surface area contributed by atoms with Crippen molar-refractivity contribution in [2.45, 2.75) is 38.3 Å². The fraction of sp³-hybridized carbons (Fsp3) is 0.421. The molecule has 1 saturated carbocycles. The van der Waals surface area contributed by atoms with Crippen molar-refractivity contribution in [2.24, 2.45) is 16.6 Å². The topological polar surface area (TPSA) is 38.4 Å². The molecule has 0 aliphatic heterocycles. The number of hydrogen-bond donors (Lipinski definition) is 1. The van der Waals surface area contributed by atoms with Gasteiger partial charge in [-0.25, -0.2) is 4.39 Å². The molecule has 1 aromatic carbocycles. The molecule has 1 fully saturated rings. The minimum atomic E-state index is -4.66. The molecule has 0 bridgehead atoms. The number of aliphatic imine (C=N–C) groups is 1. The van der Waals surface area contributed by atoms with Crippen LogP contribution in [-0.2, 0) is 6.18 Å². The van der Waals surface area contributed by atoms with Crippen LogP contribution in [0.15, 0.2) is 41.9 Å². The Kier molecular flexibility index (Phi) is 6.39. The molecule has 25 heavy (non-hydrogen) atoms. The molecule has 0 radical (unpaired) electrons. The van der Waals surface area contributed by atoms with Crippen LogP contribution in [0.3, 0.4) is 0 Å². The molecule has 2 N–H and O–H groups in total. The molecule has 1 aliphatic carbocycles. The van der Waals surface area contributed by atoms with E-state index in [0.717, 1.165) is 31.0 Å². The minimum Gasteiger partial charge on any atom is -0.384 e. The first-order valence-electron chi connectivity index (χ1n) is 8.32. The van der Waals surface area contributed by atoms with Gasteiger partial charge >= 0.3 is 6.18 Å². The Hall–Kier alpha value is -2.11. The first kappa shape index (κ1) is 19.2. The Morgan fingerprint density at radius 3 is 2.52 bits per heavy atom. The smallest absolute Gasteiger partial charge is 0.384 e. The maximum absolute atomic E-state index is 13.9. The van der Waals surface area contributed by atoms with Gasteiger partial charge in [-0.3, -0.25) is 4.99 Å². The number of allylic oxidation sites excluding steroid dienone is 2. The Morgan fingerprint density at radius 1 is 1.20 bits per heavy atom. The van der Waals surface area contributed by atoms with E-state index in [4.69, 9.17) is 5.73 Å². The van der Waals surface area contributed by atoms with E-state index in [0.29, 0.717) is 12.5 Å². The third kappa shape index (κ3) is 5.44. The summed E-state index contributed by atoms with van der Waals surface area (Å²) >= 11 is 0. The lowest BCUT2D eigenvalue weighted by Gasteiger charge is -2.19. The third-order valence-corrected chi connectivity index (χ3v) is 4.35. The van der Waals surface area contributed by atoms with Crippen LogP contribution in [-0.4, -0.2) is 12.4 Å². The average Bonchev–Trinajstić information content (AvgIpc) is 2.57. The fourth-order valence-electron chi connectivity index (χ4n) is 3.01. The van der Waals surface area contributed by atoms with Crippen molar-refractivity contribution in [3.05, 3.63) is 53.9 Å². The predicted molar refractivity (Wildman–Crippen MR) is 92.6 cm³/mol. The summed E-state index contributed by atoms with van der Waals surface area (Å²) in [5, 5.41) is 0. The summed E-state index contributed by atoms with van der Waals surface area (Å²) in [6.07, 6.45) is 3.87. The molecule has 0 spiro atoms. The predicted octanol–water partition coefficient (Wildman–Crippen LogP) is 5.35. The molecule has 1 aliphatic rings. The quantitative estimate of drug-likeness (QED) is 0.329. The van der Waals surface area contributed by atoms with Crippen LogP contribution in [0.1, 0.15) is 43.2 Å². The Labute approximate surface area is 145 Å². The maximum atomic E-state index is 13.9. The minimum absolute atomic E-state index is 0.0961. The van der Waals surface area contributed by atoms with E-state index >= 15 is 0 Å². The molecule has 0 amide bonds. The van der Waals surface area contributed by atoms with Crippen LogP contribution < -0.4 is 5.73 Å². The second-order valence-electron chi connectivity index (χ2n) is 6.29. The molecule has 0 atom stereocenters. The number of hydrogen-bond acceptors (Lipinski definition) is 1. The largest absolute Gasteiger partial charge is 0.417 e. The van der Waals surface area contributed by atoms with Gasteiger partial charge in [0.2, 0.25) is 0 Å². The monoisotopic (exact) mass is 354 g/mol. The lowest BCUT2D eigenvalue weighted by Crippen LogP contribution is -2.14. The SMILES string of the molecule is C=C(/C=C\C(N)=NCC1CCCCC1)c1c(F)cccc1C(F)(F)F. The number of rotatable bonds is 5. The van der Waals surface area contributed by atoms with Crippen molar-refractivity contribution in [1.82, 2.24) is 0 Å². The zero-order chi connectivity index (χ0) is 18.4. The van der Waals surface area contributed by atoms with Gasteiger partial charge in [0.25, 0.3) is 0 Å². The highest BCUT2D eigenvalue weighted by atomic mass is 19.4. The molecule has 1 aromatic rings. The summed E-state index contributed by atoms with van der Waals surface area (Å²) in [5.74, 6) is -0.258. The van der Waals surface area contributed by atoms with Crippen LogP contribution in [0.25, 0.3) is 5.57 Å². The van der Waals surface area contributed by atoms with Crippen molar-refractivity contribution >= 4 is 11.4 Å². The summed E-state index contributed by atoms with van der Waals surface area (Å²) in [7, 11) is 0. The highest BCUT2D eigenvalue weighted by Crippen LogP contribution is 2.36. The van der Waals surface area contributed by atoms with Gasteiger partial charge in [0.05, 0.1) is 5.56 Å². The summed E-state index contributed by atoms with van der Waals surface area (Å²) in [4.78, 5) is 4.26. The summed E-state index contributed by atoms with van der Waals surface area (Å²) < 4.78 is 53.0. The number of benzene rings is 1. The fourth-order valence-corrected chi connectivity index (χ4v) is 3.01. The molecule has 2 nitrogen and oxygen atoms in total. The number of nitrogens with two attached hydrogens (primary N) is 1. The normalized spacial score (nSPS) is 17.2. The van der Waals surface area contributed by atoms with Gasteiger partial charge in [-0.1, -0.05) is 38.0 Å². The molecular weight excluding hydrogens is 332 g/mol. The van der Waals surface area contributed by atoms with E-state index in [9.17, 15) is 17.6 Å². The van der Waals surface area contributed by atoms with E-state index in [1.54, 1.807) is 0 Å². The van der Waals surface area contributed by atoms with Crippen molar-refractivity contribution in [2.75, 3.05) is 6.54 Å². The number of halogens is 4. The molecule has 0 heterocycles. The van der Waals surface area contributed by atoms with Gasteiger partial charge < -0.3 is 5.73 Å². The molecule has 6 heteroatoms. The van der Waals surface area contributed by atoms with Crippen LogP contribution in [0.5, 0.6) is 0 Å². The Bertz CT molecular complexity index is 668. The first-order chi connectivity index (χ1) is 11.8. The van der Waals surface area contributed by atoms with Crippen LogP contribution in [0.2, 0.25) is 0 Å². The van der Waals surface area contributed by atoms with E-state index < -0.39 is 23.1 Å². The van der Waals surface area contributed by atoms with Crippen molar-refractivity contribution < 1.29 is 17.6 Å². The van der Waals surface area contributed by atoms with Gasteiger partial charge in [-0.05, 0) is 42.5 Å². The second kappa shape index (κ2) is 8.32. The average molecular weight is 354 g/mol. The lowest BCUT2D eigenvalue weighted by molar-refractivity contribution is -0.137. The maximum Gasteiger partial charge on any atom is 0.417 e. The van der Waals surface area contributed by atoms with Gasteiger partial charge in [0.1, 0.15) is 11.7 Å².